The molecule has 2 aliphatic rings. The molecule has 0 spiro atoms. The third-order valence-corrected chi connectivity index (χ3v) is 5.17. The highest BCUT2D eigenvalue weighted by Gasteiger charge is 2.36. The Hall–Kier alpha value is -3.21. The Morgan fingerprint density at radius 3 is 2.90 bits per heavy atom. The zero-order valence-electron chi connectivity index (χ0n) is 15.5. The summed E-state index contributed by atoms with van der Waals surface area (Å²) in [5.74, 6) is -0.580. The van der Waals surface area contributed by atoms with Gasteiger partial charge in [-0.3, -0.25) is 9.59 Å². The van der Waals surface area contributed by atoms with Crippen molar-refractivity contribution in [3.05, 3.63) is 23.9 Å². The van der Waals surface area contributed by atoms with Crippen molar-refractivity contribution in [3.8, 4) is 11.5 Å². The lowest BCUT2D eigenvalue weighted by Gasteiger charge is -2.22. The van der Waals surface area contributed by atoms with Crippen LogP contribution in [0.1, 0.15) is 23.8 Å². The van der Waals surface area contributed by atoms with E-state index >= 15 is 0 Å². The van der Waals surface area contributed by atoms with Gasteiger partial charge >= 0.3 is 5.97 Å². The van der Waals surface area contributed by atoms with E-state index in [1.54, 1.807) is 30.0 Å². The van der Waals surface area contributed by atoms with Gasteiger partial charge in [-0.1, -0.05) is 4.49 Å². The van der Waals surface area contributed by atoms with Crippen molar-refractivity contribution in [2.75, 3.05) is 36.6 Å². The van der Waals surface area contributed by atoms with E-state index in [4.69, 9.17) is 14.2 Å². The van der Waals surface area contributed by atoms with Gasteiger partial charge in [-0.2, -0.15) is 0 Å². The van der Waals surface area contributed by atoms with Gasteiger partial charge in [0.25, 0.3) is 0 Å². The maximum atomic E-state index is 12.7. The monoisotopic (exact) mass is 418 g/mol. The predicted molar refractivity (Wildman–Crippen MR) is 102 cm³/mol. The largest absolute Gasteiger partial charge is 0.486 e. The molecule has 10 nitrogen and oxygen atoms in total. The van der Waals surface area contributed by atoms with E-state index in [0.717, 1.165) is 11.5 Å². The molecule has 0 bridgehead atoms. The van der Waals surface area contributed by atoms with Crippen LogP contribution in [-0.2, 0) is 14.3 Å². The Bertz CT molecular complexity index is 962. The first-order chi connectivity index (χ1) is 14.1. The molecule has 1 saturated heterocycles. The molecule has 0 radical (unpaired) electrons. The third kappa shape index (κ3) is 3.86. The fourth-order valence-corrected chi connectivity index (χ4v) is 3.71. The minimum atomic E-state index is -0.656. The number of fused-ring (bicyclic) bond motifs is 1. The molecule has 152 valence electrons. The van der Waals surface area contributed by atoms with Crippen molar-refractivity contribution in [2.24, 2.45) is 5.92 Å². The van der Waals surface area contributed by atoms with E-state index in [0.29, 0.717) is 30.4 Å². The molecule has 1 atom stereocenters. The van der Waals surface area contributed by atoms with Crippen molar-refractivity contribution in [3.63, 3.8) is 0 Å². The first-order valence-electron chi connectivity index (χ1n) is 9.07. The number of esters is 1. The summed E-state index contributed by atoms with van der Waals surface area (Å²) in [6.45, 7) is 3.00. The first-order valence-corrected chi connectivity index (χ1v) is 9.84. The van der Waals surface area contributed by atoms with Crippen molar-refractivity contribution in [1.29, 1.82) is 0 Å². The van der Waals surface area contributed by atoms with Crippen molar-refractivity contribution in [2.45, 2.75) is 13.3 Å². The van der Waals surface area contributed by atoms with Crippen LogP contribution < -0.4 is 19.7 Å². The van der Waals surface area contributed by atoms with Crippen LogP contribution in [0.3, 0.4) is 0 Å². The van der Waals surface area contributed by atoms with Crippen molar-refractivity contribution in [1.82, 2.24) is 9.59 Å². The average Bonchev–Trinajstić information content (AvgIpc) is 3.34. The second kappa shape index (κ2) is 8.03. The van der Waals surface area contributed by atoms with Crippen LogP contribution in [0.25, 0.3) is 0 Å². The normalized spacial score (nSPS) is 17.9. The standard InChI is InChI=1S/C18H18N4O6S/c1-2-26-18(25)15-17(29-21-20-15)19-16(24)10-7-14(23)22(9-10)11-3-4-12-13(8-11)28-6-5-27-12/h3-4,8,10H,2,5-7,9H2,1H3,(H,19,24). The fraction of sp³-hybridized carbons (Fsp3) is 0.389. The summed E-state index contributed by atoms with van der Waals surface area (Å²) in [5, 5.41) is 6.56. The number of carbonyl (C=O) groups is 3. The summed E-state index contributed by atoms with van der Waals surface area (Å²) < 4.78 is 19.7. The number of ether oxygens (including phenoxy) is 3. The van der Waals surface area contributed by atoms with E-state index in [-0.39, 0.29) is 42.1 Å². The lowest BCUT2D eigenvalue weighted by molar-refractivity contribution is -0.122. The molecule has 1 fully saturated rings. The number of nitrogens with zero attached hydrogens (tertiary/aromatic N) is 3. The number of benzene rings is 1. The lowest BCUT2D eigenvalue weighted by atomic mass is 10.1. The summed E-state index contributed by atoms with van der Waals surface area (Å²) in [4.78, 5) is 38.6. The second-order valence-corrected chi connectivity index (χ2v) is 7.15. The van der Waals surface area contributed by atoms with Gasteiger partial charge in [-0.25, -0.2) is 4.79 Å². The number of hydrogen-bond acceptors (Lipinski definition) is 9. The van der Waals surface area contributed by atoms with Gasteiger partial charge in [0.2, 0.25) is 17.5 Å². The van der Waals surface area contributed by atoms with E-state index in [9.17, 15) is 14.4 Å². The molecule has 3 heterocycles. The molecule has 4 rings (SSSR count). The number of hydrogen-bond donors (Lipinski definition) is 1. The summed E-state index contributed by atoms with van der Waals surface area (Å²) >= 11 is 0.881. The Balaban J connectivity index is 1.45. The minimum Gasteiger partial charge on any atom is -0.486 e. The van der Waals surface area contributed by atoms with Crippen LogP contribution in [0.15, 0.2) is 18.2 Å². The van der Waals surface area contributed by atoms with Crippen molar-refractivity contribution < 1.29 is 28.6 Å². The molecule has 0 aliphatic carbocycles. The van der Waals surface area contributed by atoms with Crippen molar-refractivity contribution >= 4 is 40.0 Å². The highest BCUT2D eigenvalue weighted by molar-refractivity contribution is 7.10. The molecule has 1 N–H and O–H groups in total. The van der Waals surface area contributed by atoms with Crippen LogP contribution in [0.4, 0.5) is 10.7 Å². The van der Waals surface area contributed by atoms with E-state index in [2.05, 4.69) is 14.9 Å². The summed E-state index contributed by atoms with van der Waals surface area (Å²) in [7, 11) is 0. The highest BCUT2D eigenvalue weighted by Crippen LogP contribution is 2.36. The van der Waals surface area contributed by atoms with E-state index in [1.807, 2.05) is 0 Å². The van der Waals surface area contributed by atoms with E-state index in [1.165, 1.54) is 0 Å². The zero-order valence-corrected chi connectivity index (χ0v) is 16.4. The van der Waals surface area contributed by atoms with Crippen LogP contribution in [-0.4, -0.2) is 53.7 Å². The van der Waals surface area contributed by atoms with Gasteiger partial charge in [0.15, 0.2) is 16.5 Å². The topological polar surface area (TPSA) is 120 Å². The molecule has 2 amide bonds. The molecule has 2 aliphatic heterocycles. The zero-order chi connectivity index (χ0) is 20.4. The van der Waals surface area contributed by atoms with Crippen LogP contribution in [0, 0.1) is 5.92 Å². The number of aromatic nitrogens is 2. The summed E-state index contributed by atoms with van der Waals surface area (Å²) in [6.07, 6.45) is 0.0568. The SMILES string of the molecule is CCOC(=O)c1nnsc1NC(=O)C1CC(=O)N(c2ccc3c(c2)OCCO3)C1. The van der Waals surface area contributed by atoms with Gasteiger partial charge in [-0.15, -0.1) is 5.10 Å². The fourth-order valence-electron chi connectivity index (χ4n) is 3.15. The summed E-state index contributed by atoms with van der Waals surface area (Å²) in [5.41, 5.74) is 0.597. The Labute approximate surface area is 169 Å². The lowest BCUT2D eigenvalue weighted by Crippen LogP contribution is -2.28. The Kier molecular flexibility index (Phi) is 5.30. The molecular formula is C18H18N4O6S. The van der Waals surface area contributed by atoms with Gasteiger partial charge in [0.05, 0.1) is 12.5 Å². The Morgan fingerprint density at radius 1 is 1.31 bits per heavy atom. The minimum absolute atomic E-state index is 0.0433. The number of anilines is 2. The van der Waals surface area contributed by atoms with Crippen LogP contribution in [0.2, 0.25) is 0 Å². The van der Waals surface area contributed by atoms with Gasteiger partial charge in [0.1, 0.15) is 13.2 Å². The van der Waals surface area contributed by atoms with Gasteiger partial charge in [0, 0.05) is 36.3 Å². The quantitative estimate of drug-likeness (QED) is 0.725. The summed E-state index contributed by atoms with van der Waals surface area (Å²) in [6, 6.07) is 5.25. The molecule has 1 unspecified atom stereocenters. The van der Waals surface area contributed by atoms with Crippen LogP contribution in [0.5, 0.6) is 11.5 Å². The molecule has 1 aromatic carbocycles. The van der Waals surface area contributed by atoms with Gasteiger partial charge in [-0.05, 0) is 19.1 Å². The number of rotatable bonds is 5. The number of carbonyl (C=O) groups excluding carboxylic acids is 3. The Morgan fingerprint density at radius 2 is 2.10 bits per heavy atom. The maximum Gasteiger partial charge on any atom is 0.362 e. The maximum absolute atomic E-state index is 12.7. The number of amides is 2. The van der Waals surface area contributed by atoms with Gasteiger partial charge < -0.3 is 24.4 Å². The third-order valence-electron chi connectivity index (χ3n) is 4.53. The molecule has 11 heteroatoms. The molecule has 1 aromatic heterocycles. The highest BCUT2D eigenvalue weighted by atomic mass is 32.1. The first kappa shape index (κ1) is 19.1. The molecule has 2 aromatic rings. The second-order valence-electron chi connectivity index (χ2n) is 6.39. The smallest absolute Gasteiger partial charge is 0.362 e. The molecular weight excluding hydrogens is 400 g/mol. The predicted octanol–water partition coefficient (Wildman–Crippen LogP) is 1.48. The molecule has 29 heavy (non-hydrogen) atoms. The number of nitrogens with one attached hydrogen (secondary N) is 1. The van der Waals surface area contributed by atoms with E-state index < -0.39 is 11.9 Å². The molecule has 0 saturated carbocycles. The van der Waals surface area contributed by atoms with Crippen LogP contribution >= 0.6 is 11.5 Å². The average molecular weight is 418 g/mol.